The molecule has 0 spiro atoms. The molecule has 1 aromatic heterocycles. The number of aliphatic carboxylic acids is 1. The lowest BCUT2D eigenvalue weighted by atomic mass is 10.00. The molecule has 0 aliphatic heterocycles. The fraction of sp³-hybridized carbons (Fsp3) is 0.214. The maximum atomic E-state index is 11.7. The van der Waals surface area contributed by atoms with Crippen molar-refractivity contribution in [1.82, 2.24) is 9.55 Å². The first kappa shape index (κ1) is 22.2. The van der Waals surface area contributed by atoms with Gasteiger partial charge in [-0.25, -0.2) is 0 Å². The zero-order valence-electron chi connectivity index (χ0n) is 18.9. The van der Waals surface area contributed by atoms with Crippen LogP contribution in [0.3, 0.4) is 0 Å². The van der Waals surface area contributed by atoms with E-state index in [1.807, 2.05) is 41.8 Å². The molecule has 2 atom stereocenters. The van der Waals surface area contributed by atoms with Gasteiger partial charge >= 0.3 is 5.97 Å². The van der Waals surface area contributed by atoms with Crippen molar-refractivity contribution < 1.29 is 14.6 Å². The van der Waals surface area contributed by atoms with Crippen molar-refractivity contribution in [3.05, 3.63) is 84.4 Å². The van der Waals surface area contributed by atoms with E-state index in [2.05, 4.69) is 48.0 Å². The summed E-state index contributed by atoms with van der Waals surface area (Å²) in [5, 5.41) is 10.2. The number of hydrogen-bond acceptors (Lipinski definition) is 3. The Kier molecular flexibility index (Phi) is 5.66. The molecule has 1 fully saturated rings. The van der Waals surface area contributed by atoms with E-state index < -0.39 is 11.4 Å². The minimum atomic E-state index is -0.833. The van der Waals surface area contributed by atoms with Crippen LogP contribution in [0.1, 0.15) is 13.3 Å². The first-order valence-electron chi connectivity index (χ1n) is 11.3. The van der Waals surface area contributed by atoms with E-state index in [1.54, 1.807) is 6.08 Å². The van der Waals surface area contributed by atoms with E-state index in [4.69, 9.17) is 16.3 Å². The summed E-state index contributed by atoms with van der Waals surface area (Å²) in [6, 6.07) is 22.7. The molecular weight excluding hydrogens is 448 g/mol. The normalized spacial score (nSPS) is 19.2. The van der Waals surface area contributed by atoms with Gasteiger partial charge in [0.2, 0.25) is 0 Å². The predicted molar refractivity (Wildman–Crippen MR) is 135 cm³/mol. The number of aromatic nitrogens is 2. The second-order valence-corrected chi connectivity index (χ2v) is 9.32. The van der Waals surface area contributed by atoms with Gasteiger partial charge < -0.3 is 9.84 Å². The Morgan fingerprint density at radius 1 is 1.18 bits per heavy atom. The molecule has 0 bridgehead atoms. The van der Waals surface area contributed by atoms with Crippen LogP contribution in [0.25, 0.3) is 33.3 Å². The number of fused-ring (bicyclic) bond motifs is 1. The smallest absolute Gasteiger partial charge is 0.313 e. The number of carboxylic acids is 1. The maximum Gasteiger partial charge on any atom is 0.313 e. The highest BCUT2D eigenvalue weighted by atomic mass is 35.5. The van der Waals surface area contributed by atoms with E-state index in [1.165, 1.54) is 0 Å². The van der Waals surface area contributed by atoms with Crippen LogP contribution in [-0.2, 0) is 11.3 Å². The molecule has 4 aromatic rings. The third-order valence-electron chi connectivity index (χ3n) is 6.76. The molecule has 1 N–H and O–H groups in total. The van der Waals surface area contributed by atoms with Gasteiger partial charge in [-0.15, -0.1) is 6.58 Å². The summed E-state index contributed by atoms with van der Waals surface area (Å²) in [5.74, 6) is -0.738. The summed E-state index contributed by atoms with van der Waals surface area (Å²) in [5.41, 5.74) is 4.87. The molecule has 6 heteroatoms. The number of ether oxygens (including phenoxy) is 1. The summed E-state index contributed by atoms with van der Waals surface area (Å²) >= 11 is 6.71. The van der Waals surface area contributed by atoms with Crippen LogP contribution < -0.4 is 4.74 Å². The molecule has 1 heterocycles. The average Bonchev–Trinajstić information content (AvgIpc) is 3.41. The zero-order chi connectivity index (χ0) is 23.9. The van der Waals surface area contributed by atoms with Crippen molar-refractivity contribution in [3.8, 4) is 28.3 Å². The molecule has 5 nitrogen and oxygen atoms in total. The molecule has 1 aliphatic rings. The topological polar surface area (TPSA) is 64.3 Å². The number of benzene rings is 3. The lowest BCUT2D eigenvalue weighted by Crippen LogP contribution is -2.25. The number of carbonyl (C=O) groups is 1. The Morgan fingerprint density at radius 3 is 2.44 bits per heavy atom. The van der Waals surface area contributed by atoms with Gasteiger partial charge in [-0.3, -0.25) is 9.36 Å². The number of hydrogen-bond donors (Lipinski definition) is 1. The van der Waals surface area contributed by atoms with E-state index in [9.17, 15) is 9.90 Å². The van der Waals surface area contributed by atoms with E-state index >= 15 is 0 Å². The Hall–Kier alpha value is -3.57. The molecule has 3 aromatic carbocycles. The largest absolute Gasteiger partial charge is 0.481 e. The second kappa shape index (κ2) is 8.65. The zero-order valence-corrected chi connectivity index (χ0v) is 19.6. The molecule has 0 amide bonds. The number of nitrogens with zero attached hydrogens (tertiary/aromatic N) is 2. The monoisotopic (exact) mass is 472 g/mol. The lowest BCUT2D eigenvalue weighted by molar-refractivity contribution is -0.145. The van der Waals surface area contributed by atoms with Crippen LogP contribution in [0.4, 0.5) is 0 Å². The molecule has 0 radical (unpaired) electrons. The van der Waals surface area contributed by atoms with Crippen LogP contribution in [0.2, 0.25) is 5.02 Å². The van der Waals surface area contributed by atoms with Gasteiger partial charge in [-0.1, -0.05) is 79.2 Å². The molecule has 2 unspecified atom stereocenters. The second-order valence-electron chi connectivity index (χ2n) is 8.91. The standard InChI is InChI=1S/C28H25ClN2O3/c1-3-13-31-25-15-23(29)22(21-11-9-20(10-12-21)19-7-5-4-6-8-19)14-24(25)30-27(31)34-17-28(26(32)33)16-18(28)2/h3-12,14-15,18H,1,13,16-17H2,2H3,(H,32,33). The quantitative estimate of drug-likeness (QED) is 0.290. The minimum Gasteiger partial charge on any atom is -0.481 e. The molecular formula is C28H25ClN2O3. The van der Waals surface area contributed by atoms with Gasteiger partial charge in [0.05, 0.1) is 16.1 Å². The fourth-order valence-corrected chi connectivity index (χ4v) is 4.74. The van der Waals surface area contributed by atoms with E-state index in [0.717, 1.165) is 33.3 Å². The first-order chi connectivity index (χ1) is 16.4. The summed E-state index contributed by atoms with van der Waals surface area (Å²) in [7, 11) is 0. The average molecular weight is 473 g/mol. The summed E-state index contributed by atoms with van der Waals surface area (Å²) in [4.78, 5) is 16.4. The molecule has 34 heavy (non-hydrogen) atoms. The predicted octanol–water partition coefficient (Wildman–Crippen LogP) is 6.70. The van der Waals surface area contributed by atoms with Crippen LogP contribution >= 0.6 is 11.6 Å². The summed E-state index contributed by atoms with van der Waals surface area (Å²) in [6.45, 7) is 6.33. The van der Waals surface area contributed by atoms with Crippen LogP contribution in [0.15, 0.2) is 79.4 Å². The molecule has 1 saturated carbocycles. The Bertz CT molecular complexity index is 1380. The molecule has 172 valence electrons. The van der Waals surface area contributed by atoms with Crippen LogP contribution in [0.5, 0.6) is 6.01 Å². The van der Waals surface area contributed by atoms with Crippen molar-refractivity contribution in [3.63, 3.8) is 0 Å². The van der Waals surface area contributed by atoms with Crippen molar-refractivity contribution in [2.45, 2.75) is 19.9 Å². The first-order valence-corrected chi connectivity index (χ1v) is 11.6. The van der Waals surface area contributed by atoms with Gasteiger partial charge in [0, 0.05) is 12.1 Å². The highest BCUT2D eigenvalue weighted by Crippen LogP contribution is 2.52. The van der Waals surface area contributed by atoms with Crippen molar-refractivity contribution in [1.29, 1.82) is 0 Å². The van der Waals surface area contributed by atoms with Crippen LogP contribution in [0, 0.1) is 11.3 Å². The van der Waals surface area contributed by atoms with Crippen molar-refractivity contribution >= 4 is 28.6 Å². The fourth-order valence-electron chi connectivity index (χ4n) is 4.48. The highest BCUT2D eigenvalue weighted by molar-refractivity contribution is 6.34. The maximum absolute atomic E-state index is 11.7. The van der Waals surface area contributed by atoms with Crippen molar-refractivity contribution in [2.24, 2.45) is 11.3 Å². The van der Waals surface area contributed by atoms with Gasteiger partial charge in [0.15, 0.2) is 0 Å². The van der Waals surface area contributed by atoms with Crippen molar-refractivity contribution in [2.75, 3.05) is 6.61 Å². The minimum absolute atomic E-state index is 0.0853. The molecule has 5 rings (SSSR count). The summed E-state index contributed by atoms with van der Waals surface area (Å²) < 4.78 is 7.84. The SMILES string of the molecule is C=CCn1c(OCC2(C(=O)O)CC2C)nc2cc(-c3ccc(-c4ccccc4)cc3)c(Cl)cc21. The molecule has 1 aliphatic carbocycles. The summed E-state index contributed by atoms with van der Waals surface area (Å²) in [6.07, 6.45) is 2.36. The van der Waals surface area contributed by atoms with Gasteiger partial charge in [-0.05, 0) is 41.2 Å². The van der Waals surface area contributed by atoms with Gasteiger partial charge in [-0.2, -0.15) is 4.98 Å². The van der Waals surface area contributed by atoms with E-state index in [-0.39, 0.29) is 12.5 Å². The van der Waals surface area contributed by atoms with E-state index in [0.29, 0.717) is 24.0 Å². The van der Waals surface area contributed by atoms with Gasteiger partial charge in [0.25, 0.3) is 6.01 Å². The third-order valence-corrected chi connectivity index (χ3v) is 7.07. The number of carboxylic acid groups (broad SMARTS) is 1. The van der Waals surface area contributed by atoms with Crippen LogP contribution in [-0.4, -0.2) is 27.2 Å². The third kappa shape index (κ3) is 3.86. The number of allylic oxidation sites excluding steroid dienone is 1. The Morgan fingerprint density at radius 2 is 1.82 bits per heavy atom. The molecule has 0 saturated heterocycles. The number of rotatable bonds is 8. The Labute approximate surface area is 203 Å². The number of imidazole rings is 1. The lowest BCUT2D eigenvalue weighted by Gasteiger charge is -2.13. The highest BCUT2D eigenvalue weighted by Gasteiger charge is 2.58. The number of halogens is 1. The van der Waals surface area contributed by atoms with Gasteiger partial charge in [0.1, 0.15) is 12.0 Å². The Balaban J connectivity index is 1.48.